The van der Waals surface area contributed by atoms with Gasteiger partial charge in [0, 0.05) is 45.8 Å². The molecule has 0 bridgehead atoms. The van der Waals surface area contributed by atoms with Crippen molar-refractivity contribution in [2.75, 3.05) is 52.4 Å². The standard InChI is InChI=1S/C21H39N5O2/c1-3-22-20(23-17-21(28)9-5-4-6-10-21)26-15-13-24(14-16-26)18(2)19(27)25-11-7-8-12-25/h18,28H,3-17H2,1-2H3,(H,22,23). The number of nitrogens with one attached hydrogen (secondary N) is 1. The van der Waals surface area contributed by atoms with Crippen molar-refractivity contribution in [3.05, 3.63) is 0 Å². The maximum absolute atomic E-state index is 12.7. The van der Waals surface area contributed by atoms with E-state index in [1.165, 1.54) is 6.42 Å². The molecule has 1 amide bonds. The fourth-order valence-corrected chi connectivity index (χ4v) is 4.69. The van der Waals surface area contributed by atoms with Gasteiger partial charge in [0.05, 0.1) is 18.2 Å². The molecule has 3 rings (SSSR count). The zero-order valence-corrected chi connectivity index (χ0v) is 17.8. The Balaban J connectivity index is 1.53. The summed E-state index contributed by atoms with van der Waals surface area (Å²) in [7, 11) is 0. The first-order valence-electron chi connectivity index (χ1n) is 11.3. The highest BCUT2D eigenvalue weighted by Crippen LogP contribution is 2.28. The lowest BCUT2D eigenvalue weighted by molar-refractivity contribution is -0.135. The second-order valence-corrected chi connectivity index (χ2v) is 8.69. The summed E-state index contributed by atoms with van der Waals surface area (Å²) < 4.78 is 0. The molecule has 1 saturated carbocycles. The fourth-order valence-electron chi connectivity index (χ4n) is 4.69. The van der Waals surface area contributed by atoms with E-state index >= 15 is 0 Å². The molecule has 0 aromatic carbocycles. The first-order valence-corrected chi connectivity index (χ1v) is 11.3. The van der Waals surface area contributed by atoms with Gasteiger partial charge in [-0.2, -0.15) is 0 Å². The molecule has 0 aromatic heterocycles. The highest BCUT2D eigenvalue weighted by molar-refractivity contribution is 5.82. The molecule has 28 heavy (non-hydrogen) atoms. The molecule has 3 aliphatic rings. The lowest BCUT2D eigenvalue weighted by atomic mass is 9.85. The van der Waals surface area contributed by atoms with E-state index in [0.29, 0.717) is 6.54 Å². The number of nitrogens with zero attached hydrogens (tertiary/aromatic N) is 4. The number of carbonyl (C=O) groups excluding carboxylic acids is 1. The predicted octanol–water partition coefficient (Wildman–Crippen LogP) is 1.28. The van der Waals surface area contributed by atoms with Crippen molar-refractivity contribution in [2.24, 2.45) is 4.99 Å². The van der Waals surface area contributed by atoms with Crippen LogP contribution in [0, 0.1) is 0 Å². The minimum atomic E-state index is -0.628. The van der Waals surface area contributed by atoms with E-state index < -0.39 is 5.60 Å². The van der Waals surface area contributed by atoms with Gasteiger partial charge in [-0.25, -0.2) is 0 Å². The van der Waals surface area contributed by atoms with Gasteiger partial charge in [-0.3, -0.25) is 14.7 Å². The number of aliphatic imine (C=N–C) groups is 1. The van der Waals surface area contributed by atoms with E-state index in [4.69, 9.17) is 4.99 Å². The average molecular weight is 394 g/mol. The summed E-state index contributed by atoms with van der Waals surface area (Å²) in [6.45, 7) is 10.7. The first-order chi connectivity index (χ1) is 13.5. The number of piperazine rings is 1. The molecule has 1 aliphatic carbocycles. The number of guanidine groups is 1. The van der Waals surface area contributed by atoms with Crippen molar-refractivity contribution in [1.29, 1.82) is 0 Å². The summed E-state index contributed by atoms with van der Waals surface area (Å²) in [5, 5.41) is 14.2. The van der Waals surface area contributed by atoms with E-state index in [2.05, 4.69) is 22.0 Å². The first kappa shape index (κ1) is 21.4. The van der Waals surface area contributed by atoms with E-state index in [9.17, 15) is 9.90 Å². The zero-order chi connectivity index (χ0) is 20.0. The SMILES string of the molecule is CCNC(=NCC1(O)CCCCC1)N1CCN(C(C)C(=O)N2CCCC2)CC1. The lowest BCUT2D eigenvalue weighted by Gasteiger charge is -2.40. The van der Waals surface area contributed by atoms with Gasteiger partial charge >= 0.3 is 0 Å². The molecule has 7 heteroatoms. The van der Waals surface area contributed by atoms with Gasteiger partial charge in [-0.05, 0) is 39.5 Å². The van der Waals surface area contributed by atoms with Gasteiger partial charge < -0.3 is 20.2 Å². The third-order valence-corrected chi connectivity index (χ3v) is 6.58. The summed E-state index contributed by atoms with van der Waals surface area (Å²) in [5.74, 6) is 1.19. The summed E-state index contributed by atoms with van der Waals surface area (Å²) in [5.41, 5.74) is -0.628. The van der Waals surface area contributed by atoms with Crippen molar-refractivity contribution in [3.8, 4) is 0 Å². The molecule has 2 heterocycles. The molecule has 2 aliphatic heterocycles. The van der Waals surface area contributed by atoms with Crippen LogP contribution in [0.15, 0.2) is 4.99 Å². The Bertz CT molecular complexity index is 533. The number of aliphatic hydroxyl groups is 1. The van der Waals surface area contributed by atoms with E-state index in [1.807, 2.05) is 11.8 Å². The highest BCUT2D eigenvalue weighted by atomic mass is 16.3. The maximum atomic E-state index is 12.7. The van der Waals surface area contributed by atoms with Crippen LogP contribution in [-0.4, -0.2) is 95.7 Å². The summed E-state index contributed by atoms with van der Waals surface area (Å²) in [6, 6.07) is -0.0391. The Morgan fingerprint density at radius 3 is 2.25 bits per heavy atom. The maximum Gasteiger partial charge on any atom is 0.239 e. The van der Waals surface area contributed by atoms with Crippen molar-refractivity contribution in [1.82, 2.24) is 20.0 Å². The third kappa shape index (κ3) is 5.38. The van der Waals surface area contributed by atoms with Gasteiger partial charge in [0.2, 0.25) is 5.91 Å². The van der Waals surface area contributed by atoms with Crippen molar-refractivity contribution < 1.29 is 9.90 Å². The Labute approximate surface area is 170 Å². The summed E-state index contributed by atoms with van der Waals surface area (Å²) in [4.78, 5) is 24.1. The van der Waals surface area contributed by atoms with E-state index in [0.717, 1.165) is 90.3 Å². The largest absolute Gasteiger partial charge is 0.388 e. The Morgan fingerprint density at radius 1 is 1.00 bits per heavy atom. The van der Waals surface area contributed by atoms with Gasteiger partial charge in [-0.15, -0.1) is 0 Å². The van der Waals surface area contributed by atoms with Gasteiger partial charge in [0.1, 0.15) is 0 Å². The van der Waals surface area contributed by atoms with Crippen molar-refractivity contribution >= 4 is 11.9 Å². The van der Waals surface area contributed by atoms with Crippen LogP contribution >= 0.6 is 0 Å². The van der Waals surface area contributed by atoms with Crippen LogP contribution in [0.4, 0.5) is 0 Å². The molecule has 0 spiro atoms. The summed E-state index contributed by atoms with van der Waals surface area (Å²) in [6.07, 6.45) is 7.43. The smallest absolute Gasteiger partial charge is 0.239 e. The molecular formula is C21H39N5O2. The van der Waals surface area contributed by atoms with Crippen LogP contribution in [0.5, 0.6) is 0 Å². The minimum Gasteiger partial charge on any atom is -0.388 e. The van der Waals surface area contributed by atoms with E-state index in [-0.39, 0.29) is 11.9 Å². The Morgan fingerprint density at radius 2 is 1.64 bits per heavy atom. The Kier molecular flexibility index (Phi) is 7.57. The molecule has 7 nitrogen and oxygen atoms in total. The van der Waals surface area contributed by atoms with E-state index in [1.54, 1.807) is 0 Å². The zero-order valence-electron chi connectivity index (χ0n) is 17.8. The number of carbonyl (C=O) groups is 1. The molecule has 160 valence electrons. The number of hydrogen-bond acceptors (Lipinski definition) is 4. The molecule has 3 fully saturated rings. The summed E-state index contributed by atoms with van der Waals surface area (Å²) >= 11 is 0. The van der Waals surface area contributed by atoms with Crippen LogP contribution < -0.4 is 5.32 Å². The van der Waals surface area contributed by atoms with Crippen LogP contribution in [0.3, 0.4) is 0 Å². The third-order valence-electron chi connectivity index (χ3n) is 6.58. The Hall–Kier alpha value is -1.34. The van der Waals surface area contributed by atoms with Crippen molar-refractivity contribution in [3.63, 3.8) is 0 Å². The fraction of sp³-hybridized carbons (Fsp3) is 0.905. The molecular weight excluding hydrogens is 354 g/mol. The number of likely N-dealkylation sites (tertiary alicyclic amines) is 1. The van der Waals surface area contributed by atoms with Crippen LogP contribution in [0.2, 0.25) is 0 Å². The van der Waals surface area contributed by atoms with Crippen LogP contribution in [0.25, 0.3) is 0 Å². The topological polar surface area (TPSA) is 71.4 Å². The quantitative estimate of drug-likeness (QED) is 0.544. The normalized spacial score (nSPS) is 25.0. The number of amides is 1. The van der Waals surface area contributed by atoms with Crippen LogP contribution in [-0.2, 0) is 4.79 Å². The van der Waals surface area contributed by atoms with Gasteiger partial charge in [-0.1, -0.05) is 19.3 Å². The second-order valence-electron chi connectivity index (χ2n) is 8.69. The van der Waals surface area contributed by atoms with Gasteiger partial charge in [0.15, 0.2) is 5.96 Å². The average Bonchev–Trinajstić information content (AvgIpc) is 3.26. The molecule has 0 aromatic rings. The molecule has 1 unspecified atom stereocenters. The monoisotopic (exact) mass is 393 g/mol. The second kappa shape index (κ2) is 9.92. The number of hydrogen-bond donors (Lipinski definition) is 2. The molecule has 2 saturated heterocycles. The predicted molar refractivity (Wildman–Crippen MR) is 112 cm³/mol. The van der Waals surface area contributed by atoms with Crippen molar-refractivity contribution in [2.45, 2.75) is 70.4 Å². The minimum absolute atomic E-state index is 0.0391. The molecule has 0 radical (unpaired) electrons. The van der Waals surface area contributed by atoms with Crippen LogP contribution in [0.1, 0.15) is 58.8 Å². The number of rotatable bonds is 5. The molecule has 2 N–H and O–H groups in total. The highest BCUT2D eigenvalue weighted by Gasteiger charge is 2.32. The lowest BCUT2D eigenvalue weighted by Crippen LogP contribution is -2.57. The van der Waals surface area contributed by atoms with Gasteiger partial charge in [0.25, 0.3) is 0 Å². The molecule has 1 atom stereocenters.